The molecule has 0 aliphatic carbocycles. The normalized spacial score (nSPS) is 10.4. The number of rotatable bonds is 5. The molecule has 0 spiro atoms. The number of anilines is 1. The molecule has 0 aliphatic heterocycles. The van der Waals surface area contributed by atoms with Crippen LogP contribution in [0.2, 0.25) is 5.02 Å². The van der Waals surface area contributed by atoms with E-state index in [1.54, 1.807) is 25.2 Å². The van der Waals surface area contributed by atoms with E-state index in [0.29, 0.717) is 10.7 Å². The van der Waals surface area contributed by atoms with Gasteiger partial charge >= 0.3 is 5.97 Å². The lowest BCUT2D eigenvalue weighted by Gasteiger charge is -2.13. The Kier molecular flexibility index (Phi) is 5.12. The number of aliphatic carboxylic acids is 1. The number of amides is 1. The van der Waals surface area contributed by atoms with Crippen LogP contribution in [-0.4, -0.2) is 42.0 Å². The minimum atomic E-state index is -0.969. The van der Waals surface area contributed by atoms with Crippen molar-refractivity contribution in [2.75, 3.05) is 25.5 Å². The zero-order chi connectivity index (χ0) is 13.7. The molecular formula is C12H15ClN2O3. The monoisotopic (exact) mass is 270 g/mol. The van der Waals surface area contributed by atoms with Crippen molar-refractivity contribution in [2.45, 2.75) is 6.92 Å². The van der Waals surface area contributed by atoms with Crippen LogP contribution < -0.4 is 5.32 Å². The second-order valence-corrected chi connectivity index (χ2v) is 4.49. The number of carboxylic acids is 1. The van der Waals surface area contributed by atoms with Crippen LogP contribution in [0.25, 0.3) is 0 Å². The van der Waals surface area contributed by atoms with Gasteiger partial charge in [0.2, 0.25) is 5.91 Å². The summed E-state index contributed by atoms with van der Waals surface area (Å²) in [5, 5.41) is 11.8. The summed E-state index contributed by atoms with van der Waals surface area (Å²) < 4.78 is 0. The van der Waals surface area contributed by atoms with Gasteiger partial charge in [-0.05, 0) is 31.7 Å². The van der Waals surface area contributed by atoms with Gasteiger partial charge in [0.25, 0.3) is 0 Å². The van der Waals surface area contributed by atoms with Crippen LogP contribution in [-0.2, 0) is 9.59 Å². The molecule has 0 aliphatic rings. The van der Waals surface area contributed by atoms with E-state index in [0.717, 1.165) is 5.56 Å². The third-order valence-corrected chi connectivity index (χ3v) is 2.68. The standard InChI is InChI=1S/C12H15ClN2O3/c1-8-3-4-9(5-10(8)13)14-11(16)6-15(2)7-12(17)18/h3-5H,6-7H2,1-2H3,(H,14,16)(H,17,18). The van der Waals surface area contributed by atoms with E-state index in [1.165, 1.54) is 4.90 Å². The maximum absolute atomic E-state index is 11.6. The molecule has 0 atom stereocenters. The van der Waals surface area contributed by atoms with Gasteiger partial charge in [-0.25, -0.2) is 0 Å². The molecule has 1 rings (SSSR count). The summed E-state index contributed by atoms with van der Waals surface area (Å²) in [5.41, 5.74) is 1.52. The first-order valence-corrected chi connectivity index (χ1v) is 5.72. The van der Waals surface area contributed by atoms with E-state index >= 15 is 0 Å². The van der Waals surface area contributed by atoms with E-state index in [-0.39, 0.29) is 19.0 Å². The van der Waals surface area contributed by atoms with E-state index in [1.807, 2.05) is 6.92 Å². The van der Waals surface area contributed by atoms with Crippen LogP contribution in [0.5, 0.6) is 0 Å². The third kappa shape index (κ3) is 4.73. The summed E-state index contributed by atoms with van der Waals surface area (Å²) in [6.07, 6.45) is 0. The van der Waals surface area contributed by atoms with Crippen molar-refractivity contribution in [1.29, 1.82) is 0 Å². The van der Waals surface area contributed by atoms with Crippen LogP contribution in [0.3, 0.4) is 0 Å². The van der Waals surface area contributed by atoms with E-state index < -0.39 is 5.97 Å². The molecule has 1 amide bonds. The van der Waals surface area contributed by atoms with Gasteiger partial charge in [-0.3, -0.25) is 14.5 Å². The fourth-order valence-corrected chi connectivity index (χ4v) is 1.58. The molecule has 0 heterocycles. The number of aryl methyl sites for hydroxylation is 1. The van der Waals surface area contributed by atoms with Gasteiger partial charge in [0, 0.05) is 10.7 Å². The van der Waals surface area contributed by atoms with Gasteiger partial charge in [0.1, 0.15) is 0 Å². The van der Waals surface area contributed by atoms with E-state index in [2.05, 4.69) is 5.32 Å². The number of nitrogens with zero attached hydrogens (tertiary/aromatic N) is 1. The molecule has 0 radical (unpaired) electrons. The quantitative estimate of drug-likeness (QED) is 0.853. The fraction of sp³-hybridized carbons (Fsp3) is 0.333. The number of carboxylic acid groups (broad SMARTS) is 1. The van der Waals surface area contributed by atoms with Gasteiger partial charge in [-0.1, -0.05) is 17.7 Å². The lowest BCUT2D eigenvalue weighted by molar-refractivity contribution is -0.138. The summed E-state index contributed by atoms with van der Waals surface area (Å²) in [4.78, 5) is 23.5. The van der Waals surface area contributed by atoms with E-state index in [9.17, 15) is 9.59 Å². The number of benzene rings is 1. The Balaban J connectivity index is 2.54. The van der Waals surface area contributed by atoms with Gasteiger partial charge in [-0.15, -0.1) is 0 Å². The summed E-state index contributed by atoms with van der Waals surface area (Å²) in [7, 11) is 1.57. The first-order chi connectivity index (χ1) is 8.38. The second kappa shape index (κ2) is 6.37. The highest BCUT2D eigenvalue weighted by atomic mass is 35.5. The molecular weight excluding hydrogens is 256 g/mol. The Bertz CT molecular complexity index is 463. The minimum absolute atomic E-state index is 0.0117. The molecule has 5 nitrogen and oxygen atoms in total. The molecule has 0 saturated carbocycles. The van der Waals surface area contributed by atoms with Crippen molar-refractivity contribution >= 4 is 29.2 Å². The lowest BCUT2D eigenvalue weighted by atomic mass is 10.2. The highest BCUT2D eigenvalue weighted by Crippen LogP contribution is 2.19. The summed E-state index contributed by atoms with van der Waals surface area (Å²) in [6, 6.07) is 5.21. The van der Waals surface area contributed by atoms with Crippen molar-refractivity contribution in [3.05, 3.63) is 28.8 Å². The first-order valence-electron chi connectivity index (χ1n) is 5.35. The SMILES string of the molecule is Cc1ccc(NC(=O)CN(C)CC(=O)O)cc1Cl. The predicted molar refractivity (Wildman–Crippen MR) is 70.0 cm³/mol. The van der Waals surface area contributed by atoms with Crippen LogP contribution in [0.15, 0.2) is 18.2 Å². The zero-order valence-electron chi connectivity index (χ0n) is 10.2. The number of likely N-dealkylation sites (N-methyl/N-ethyl adjacent to an activating group) is 1. The van der Waals surface area contributed by atoms with Crippen molar-refractivity contribution in [1.82, 2.24) is 4.90 Å². The zero-order valence-corrected chi connectivity index (χ0v) is 11.0. The molecule has 0 aromatic heterocycles. The van der Waals surface area contributed by atoms with Crippen molar-refractivity contribution in [2.24, 2.45) is 0 Å². The number of nitrogens with one attached hydrogen (secondary N) is 1. The third-order valence-electron chi connectivity index (χ3n) is 2.27. The molecule has 2 N–H and O–H groups in total. The van der Waals surface area contributed by atoms with Crippen LogP contribution >= 0.6 is 11.6 Å². The Morgan fingerprint density at radius 2 is 2.06 bits per heavy atom. The molecule has 1 aromatic carbocycles. The largest absolute Gasteiger partial charge is 0.480 e. The van der Waals surface area contributed by atoms with Crippen molar-refractivity contribution < 1.29 is 14.7 Å². The van der Waals surface area contributed by atoms with Gasteiger partial charge in [0.05, 0.1) is 13.1 Å². The maximum atomic E-state index is 11.6. The molecule has 0 bridgehead atoms. The number of hydrogen-bond donors (Lipinski definition) is 2. The van der Waals surface area contributed by atoms with Crippen LogP contribution in [0.4, 0.5) is 5.69 Å². The number of halogens is 1. The average molecular weight is 271 g/mol. The molecule has 0 saturated heterocycles. The Morgan fingerprint density at radius 3 is 2.61 bits per heavy atom. The number of hydrogen-bond acceptors (Lipinski definition) is 3. The Morgan fingerprint density at radius 1 is 1.39 bits per heavy atom. The van der Waals surface area contributed by atoms with Crippen LogP contribution in [0.1, 0.15) is 5.56 Å². The summed E-state index contributed by atoms with van der Waals surface area (Å²) in [6.45, 7) is 1.70. The van der Waals surface area contributed by atoms with Gasteiger partial charge in [0.15, 0.2) is 0 Å². The molecule has 0 unspecified atom stereocenters. The number of carbonyl (C=O) groups is 2. The maximum Gasteiger partial charge on any atom is 0.317 e. The lowest BCUT2D eigenvalue weighted by Crippen LogP contribution is -2.33. The predicted octanol–water partition coefficient (Wildman–Crippen LogP) is 1.60. The Labute approximate surface area is 110 Å². The van der Waals surface area contributed by atoms with E-state index in [4.69, 9.17) is 16.7 Å². The highest BCUT2D eigenvalue weighted by molar-refractivity contribution is 6.31. The topological polar surface area (TPSA) is 69.6 Å². The number of carbonyl (C=O) groups excluding carboxylic acids is 1. The first kappa shape index (κ1) is 14.5. The molecule has 18 heavy (non-hydrogen) atoms. The minimum Gasteiger partial charge on any atom is -0.480 e. The van der Waals surface area contributed by atoms with Crippen molar-refractivity contribution in [3.63, 3.8) is 0 Å². The molecule has 1 aromatic rings. The second-order valence-electron chi connectivity index (χ2n) is 4.08. The molecule has 0 fully saturated rings. The summed E-state index contributed by atoms with van der Waals surface area (Å²) >= 11 is 5.93. The van der Waals surface area contributed by atoms with Gasteiger partial charge in [-0.2, -0.15) is 0 Å². The van der Waals surface area contributed by atoms with Crippen molar-refractivity contribution in [3.8, 4) is 0 Å². The van der Waals surface area contributed by atoms with Gasteiger partial charge < -0.3 is 10.4 Å². The highest BCUT2D eigenvalue weighted by Gasteiger charge is 2.10. The fourth-order valence-electron chi connectivity index (χ4n) is 1.40. The Hall–Kier alpha value is -1.59. The smallest absolute Gasteiger partial charge is 0.317 e. The average Bonchev–Trinajstić information content (AvgIpc) is 2.21. The molecule has 6 heteroatoms. The van der Waals surface area contributed by atoms with Crippen LogP contribution in [0, 0.1) is 6.92 Å². The molecule has 98 valence electrons. The summed E-state index contributed by atoms with van der Waals surface area (Å²) in [5.74, 6) is -1.25.